The topological polar surface area (TPSA) is 78.9 Å². The largest absolute Gasteiger partial charge is 0.394 e. The fraction of sp³-hybridized carbons (Fsp3) is 0.538. The summed E-state index contributed by atoms with van der Waals surface area (Å²) < 4.78 is 5.42. The molecule has 2 unspecified atom stereocenters. The lowest BCUT2D eigenvalue weighted by molar-refractivity contribution is -0.114. The Hall–Kier alpha value is -1.44. The average molecular weight is 298 g/mol. The van der Waals surface area contributed by atoms with E-state index in [0.717, 1.165) is 0 Å². The monoisotopic (exact) mass is 298 g/mol. The van der Waals surface area contributed by atoms with Crippen LogP contribution in [0.1, 0.15) is 23.5 Å². The van der Waals surface area contributed by atoms with Crippen molar-refractivity contribution in [2.24, 2.45) is 0 Å². The molecule has 0 radical (unpaired) electrons. The number of nitrogens with one attached hydrogen (secondary N) is 1. The lowest BCUT2D eigenvalue weighted by Crippen LogP contribution is -2.51. The van der Waals surface area contributed by atoms with Crippen LogP contribution in [0.3, 0.4) is 0 Å². The molecule has 6 nitrogen and oxygen atoms in total. The van der Waals surface area contributed by atoms with Gasteiger partial charge in [0.05, 0.1) is 35.2 Å². The van der Waals surface area contributed by atoms with Crippen LogP contribution in [0.15, 0.2) is 12.1 Å². The van der Waals surface area contributed by atoms with Crippen molar-refractivity contribution in [1.82, 2.24) is 4.90 Å². The quantitative estimate of drug-likeness (QED) is 0.870. The minimum Gasteiger partial charge on any atom is -0.394 e. The maximum absolute atomic E-state index is 12.5. The number of hydrogen-bond acceptors (Lipinski definition) is 5. The molecule has 1 aliphatic heterocycles. The van der Waals surface area contributed by atoms with E-state index in [2.05, 4.69) is 5.32 Å². The maximum Gasteiger partial charge on any atom is 0.264 e. The van der Waals surface area contributed by atoms with E-state index in [-0.39, 0.29) is 30.6 Å². The van der Waals surface area contributed by atoms with Crippen molar-refractivity contribution in [3.8, 4) is 0 Å². The molecule has 1 aliphatic rings. The summed E-state index contributed by atoms with van der Waals surface area (Å²) in [6, 6.07) is 3.39. The summed E-state index contributed by atoms with van der Waals surface area (Å²) in [5.74, 6) is -0.258. The van der Waals surface area contributed by atoms with E-state index < -0.39 is 0 Å². The number of hydrogen-bond donors (Lipinski definition) is 2. The lowest BCUT2D eigenvalue weighted by atomic mass is 10.2. The number of rotatable bonds is 3. The second-order valence-corrected chi connectivity index (χ2v) is 5.87. The fourth-order valence-electron chi connectivity index (χ4n) is 2.05. The van der Waals surface area contributed by atoms with E-state index in [4.69, 9.17) is 9.84 Å². The smallest absolute Gasteiger partial charge is 0.264 e. The first-order valence-electron chi connectivity index (χ1n) is 6.42. The number of morpholine rings is 1. The van der Waals surface area contributed by atoms with Gasteiger partial charge in [0.15, 0.2) is 0 Å². The van der Waals surface area contributed by atoms with Crippen LogP contribution in [0, 0.1) is 0 Å². The van der Waals surface area contributed by atoms with Crippen molar-refractivity contribution in [2.45, 2.75) is 26.0 Å². The van der Waals surface area contributed by atoms with Crippen LogP contribution < -0.4 is 5.32 Å². The second-order valence-electron chi connectivity index (χ2n) is 4.79. The minimum absolute atomic E-state index is 0.0309. The predicted molar refractivity (Wildman–Crippen MR) is 75.9 cm³/mol. The molecule has 2 atom stereocenters. The fourth-order valence-corrected chi connectivity index (χ4v) is 2.95. The van der Waals surface area contributed by atoms with E-state index in [1.54, 1.807) is 17.0 Å². The molecule has 0 spiro atoms. The second kappa shape index (κ2) is 6.34. The minimum atomic E-state index is -0.329. The number of aliphatic hydroxyl groups excluding tert-OH is 1. The average Bonchev–Trinajstić information content (AvgIpc) is 2.86. The molecule has 20 heavy (non-hydrogen) atoms. The van der Waals surface area contributed by atoms with Gasteiger partial charge in [-0.05, 0) is 19.1 Å². The standard InChI is InChI=1S/C13H18N2O4S/c1-8-7-19-10(6-16)5-15(8)13(18)11-3-4-12(20-11)14-9(2)17/h3-4,8,10,16H,5-7H2,1-2H3,(H,14,17). The molecule has 0 saturated carbocycles. The van der Waals surface area contributed by atoms with Crippen LogP contribution in [0.2, 0.25) is 0 Å². The molecular weight excluding hydrogens is 280 g/mol. The van der Waals surface area contributed by atoms with Crippen LogP contribution in [-0.2, 0) is 9.53 Å². The molecule has 110 valence electrons. The molecule has 1 aromatic rings. The lowest BCUT2D eigenvalue weighted by Gasteiger charge is -2.37. The normalized spacial score (nSPS) is 22.6. The Morgan fingerprint density at radius 1 is 1.55 bits per heavy atom. The first kappa shape index (κ1) is 15.0. The third kappa shape index (κ3) is 3.36. The molecule has 1 fully saturated rings. The van der Waals surface area contributed by atoms with Gasteiger partial charge in [-0.25, -0.2) is 0 Å². The van der Waals surface area contributed by atoms with Crippen molar-refractivity contribution in [3.05, 3.63) is 17.0 Å². The summed E-state index contributed by atoms with van der Waals surface area (Å²) in [4.78, 5) is 25.7. The number of aliphatic hydroxyl groups is 1. The van der Waals surface area contributed by atoms with E-state index in [0.29, 0.717) is 23.0 Å². The van der Waals surface area contributed by atoms with E-state index in [1.807, 2.05) is 6.92 Å². The molecule has 7 heteroatoms. The number of ether oxygens (including phenoxy) is 1. The summed E-state index contributed by atoms with van der Waals surface area (Å²) in [5.41, 5.74) is 0. The van der Waals surface area contributed by atoms with Crippen LogP contribution in [-0.4, -0.2) is 53.7 Å². The SMILES string of the molecule is CC(=O)Nc1ccc(C(=O)N2CC(CO)OCC2C)s1. The van der Waals surface area contributed by atoms with Gasteiger partial charge in [0.25, 0.3) is 5.91 Å². The number of amides is 2. The highest BCUT2D eigenvalue weighted by Crippen LogP contribution is 2.25. The molecule has 0 bridgehead atoms. The Kier molecular flexibility index (Phi) is 4.74. The molecule has 0 aliphatic carbocycles. The van der Waals surface area contributed by atoms with Gasteiger partial charge in [0.2, 0.25) is 5.91 Å². The molecule has 2 rings (SSSR count). The summed E-state index contributed by atoms with van der Waals surface area (Å²) in [5, 5.41) is 12.5. The van der Waals surface area contributed by atoms with E-state index in [1.165, 1.54) is 18.3 Å². The number of carbonyl (C=O) groups is 2. The van der Waals surface area contributed by atoms with Crippen LogP contribution >= 0.6 is 11.3 Å². The maximum atomic E-state index is 12.5. The van der Waals surface area contributed by atoms with Crippen molar-refractivity contribution >= 4 is 28.2 Å². The number of nitrogens with zero attached hydrogens (tertiary/aromatic N) is 1. The van der Waals surface area contributed by atoms with E-state index in [9.17, 15) is 9.59 Å². The Morgan fingerprint density at radius 3 is 2.95 bits per heavy atom. The third-order valence-corrected chi connectivity index (χ3v) is 4.07. The van der Waals surface area contributed by atoms with Crippen LogP contribution in [0.25, 0.3) is 0 Å². The van der Waals surface area contributed by atoms with Gasteiger partial charge in [-0.2, -0.15) is 0 Å². The highest BCUT2D eigenvalue weighted by molar-refractivity contribution is 7.18. The van der Waals surface area contributed by atoms with Crippen molar-refractivity contribution in [1.29, 1.82) is 0 Å². The molecule has 1 saturated heterocycles. The van der Waals surface area contributed by atoms with Gasteiger partial charge in [-0.3, -0.25) is 9.59 Å². The van der Waals surface area contributed by atoms with Crippen LogP contribution in [0.5, 0.6) is 0 Å². The molecule has 1 aromatic heterocycles. The zero-order valence-electron chi connectivity index (χ0n) is 11.5. The first-order chi connectivity index (χ1) is 9.51. The van der Waals surface area contributed by atoms with Gasteiger partial charge < -0.3 is 20.1 Å². The Balaban J connectivity index is 2.09. The molecular formula is C13H18N2O4S. The van der Waals surface area contributed by atoms with Crippen LogP contribution in [0.4, 0.5) is 5.00 Å². The first-order valence-corrected chi connectivity index (χ1v) is 7.23. The van der Waals surface area contributed by atoms with E-state index >= 15 is 0 Å². The summed E-state index contributed by atoms with van der Waals surface area (Å²) in [6.07, 6.45) is -0.329. The molecule has 2 N–H and O–H groups in total. The van der Waals surface area contributed by atoms with Gasteiger partial charge in [-0.15, -0.1) is 11.3 Å². The van der Waals surface area contributed by atoms with Crippen molar-refractivity contribution < 1.29 is 19.4 Å². The molecule has 2 heterocycles. The highest BCUT2D eigenvalue weighted by Gasteiger charge is 2.30. The van der Waals surface area contributed by atoms with Gasteiger partial charge >= 0.3 is 0 Å². The third-order valence-electron chi connectivity index (χ3n) is 3.09. The Morgan fingerprint density at radius 2 is 2.30 bits per heavy atom. The van der Waals surface area contributed by atoms with Crippen molar-refractivity contribution in [2.75, 3.05) is 25.1 Å². The van der Waals surface area contributed by atoms with Gasteiger partial charge in [-0.1, -0.05) is 0 Å². The van der Waals surface area contributed by atoms with Gasteiger partial charge in [0.1, 0.15) is 0 Å². The number of thiophene rings is 1. The molecule has 0 aromatic carbocycles. The number of carbonyl (C=O) groups excluding carboxylic acids is 2. The highest BCUT2D eigenvalue weighted by atomic mass is 32.1. The van der Waals surface area contributed by atoms with Gasteiger partial charge in [0, 0.05) is 13.5 Å². The summed E-state index contributed by atoms with van der Waals surface area (Å²) in [7, 11) is 0. The Bertz CT molecular complexity index is 502. The zero-order chi connectivity index (χ0) is 14.7. The zero-order valence-corrected chi connectivity index (χ0v) is 12.3. The Labute approximate surface area is 121 Å². The molecule has 2 amide bonds. The number of anilines is 1. The predicted octanol–water partition coefficient (Wildman–Crippen LogP) is 0.928. The summed E-state index contributed by atoms with van der Waals surface area (Å²) >= 11 is 1.25. The van der Waals surface area contributed by atoms with Crippen molar-refractivity contribution in [3.63, 3.8) is 0 Å². The summed E-state index contributed by atoms with van der Waals surface area (Å²) in [6.45, 7) is 4.04.